The number of thiazole rings is 1. The fourth-order valence-corrected chi connectivity index (χ4v) is 4.60. The Bertz CT molecular complexity index is 604. The number of aromatic nitrogens is 1. The normalized spacial score (nSPS) is 14.2. The first-order chi connectivity index (χ1) is 11.3. The molecule has 0 saturated carbocycles. The Balaban J connectivity index is 3.09. The summed E-state index contributed by atoms with van der Waals surface area (Å²) in [5.74, 6) is -0.309. The highest BCUT2D eigenvalue weighted by atomic mass is 32.1. The molecule has 1 atom stereocenters. The van der Waals surface area contributed by atoms with Crippen molar-refractivity contribution in [1.29, 1.82) is 0 Å². The average molecular weight is 386 g/mol. The van der Waals surface area contributed by atoms with Gasteiger partial charge >= 0.3 is 5.97 Å². The Morgan fingerprint density at radius 3 is 2.40 bits per heavy atom. The minimum absolute atomic E-state index is 0.0587. The zero-order chi connectivity index (χ0) is 19.5. The average Bonchev–Trinajstić information content (AvgIpc) is 2.94. The van der Waals surface area contributed by atoms with Crippen molar-refractivity contribution in [2.75, 3.05) is 7.11 Å². The monoisotopic (exact) mass is 385 g/mol. The van der Waals surface area contributed by atoms with Crippen molar-refractivity contribution in [3.05, 3.63) is 16.1 Å². The lowest BCUT2D eigenvalue weighted by Crippen LogP contribution is -2.49. The molecule has 25 heavy (non-hydrogen) atoms. The van der Waals surface area contributed by atoms with E-state index in [1.54, 1.807) is 0 Å². The molecule has 142 valence electrons. The Morgan fingerprint density at radius 2 is 1.92 bits per heavy atom. The van der Waals surface area contributed by atoms with Gasteiger partial charge in [-0.1, -0.05) is 34.6 Å². The standard InChI is InChI=1S/C18H31NO4SSi/c1-17(2,3)25(7,8)23-14(9-10-20)18(4,5)16-19-13(12-24-16)11-15(21)22-6/h10,12,14H,9,11H2,1-8H3. The molecule has 0 spiro atoms. The number of hydrogen-bond donors (Lipinski definition) is 0. The second-order valence-electron chi connectivity index (χ2n) is 8.39. The van der Waals surface area contributed by atoms with Crippen molar-refractivity contribution < 1.29 is 18.8 Å². The SMILES string of the molecule is COC(=O)Cc1csc(C(C)(C)C(CC=O)O[Si](C)(C)C(C)(C)C)n1. The fourth-order valence-electron chi connectivity index (χ4n) is 2.15. The van der Waals surface area contributed by atoms with Gasteiger partial charge in [-0.2, -0.15) is 0 Å². The predicted molar refractivity (Wildman–Crippen MR) is 104 cm³/mol. The van der Waals surface area contributed by atoms with Gasteiger partial charge in [0.05, 0.1) is 25.3 Å². The number of methoxy groups -OCH3 is 1. The van der Waals surface area contributed by atoms with Gasteiger partial charge in [0.25, 0.3) is 0 Å². The molecule has 0 aromatic carbocycles. The minimum atomic E-state index is -2.03. The number of rotatable bonds is 8. The molecule has 0 amide bonds. The van der Waals surface area contributed by atoms with Crippen molar-refractivity contribution in [3.8, 4) is 0 Å². The molecule has 0 aliphatic heterocycles. The third-order valence-corrected chi connectivity index (χ3v) is 10.7. The second kappa shape index (κ2) is 8.10. The zero-order valence-corrected chi connectivity index (χ0v) is 18.5. The highest BCUT2D eigenvalue weighted by Gasteiger charge is 2.44. The van der Waals surface area contributed by atoms with Crippen LogP contribution in [0.4, 0.5) is 0 Å². The summed E-state index contributed by atoms with van der Waals surface area (Å²) in [7, 11) is -0.661. The van der Waals surface area contributed by atoms with Crippen LogP contribution in [0.2, 0.25) is 18.1 Å². The Hall–Kier alpha value is -1.05. The molecule has 1 unspecified atom stereocenters. The predicted octanol–water partition coefficient (Wildman–Crippen LogP) is 4.12. The van der Waals surface area contributed by atoms with E-state index >= 15 is 0 Å². The maximum Gasteiger partial charge on any atom is 0.311 e. The first kappa shape index (κ1) is 22.0. The quantitative estimate of drug-likeness (QED) is 0.383. The molecule has 1 heterocycles. The zero-order valence-electron chi connectivity index (χ0n) is 16.6. The van der Waals surface area contributed by atoms with Gasteiger partial charge in [-0.15, -0.1) is 11.3 Å². The van der Waals surface area contributed by atoms with Crippen LogP contribution in [0.25, 0.3) is 0 Å². The maximum absolute atomic E-state index is 11.5. The van der Waals surface area contributed by atoms with Gasteiger partial charge in [-0.05, 0) is 18.1 Å². The van der Waals surface area contributed by atoms with Crippen LogP contribution >= 0.6 is 11.3 Å². The Morgan fingerprint density at radius 1 is 1.32 bits per heavy atom. The van der Waals surface area contributed by atoms with E-state index in [9.17, 15) is 9.59 Å². The molecule has 1 rings (SSSR count). The summed E-state index contributed by atoms with van der Waals surface area (Å²) < 4.78 is 11.3. The lowest BCUT2D eigenvalue weighted by Gasteiger charge is -2.43. The molecule has 0 saturated heterocycles. The molecule has 0 radical (unpaired) electrons. The highest BCUT2D eigenvalue weighted by molar-refractivity contribution is 7.09. The Kier molecular flexibility index (Phi) is 7.12. The van der Waals surface area contributed by atoms with Crippen LogP contribution < -0.4 is 0 Å². The number of hydrogen-bond acceptors (Lipinski definition) is 6. The Labute approximate surface area is 156 Å². The van der Waals surface area contributed by atoms with Crippen molar-refractivity contribution in [2.45, 2.75) is 77.1 Å². The summed E-state index contributed by atoms with van der Waals surface area (Å²) in [5, 5.41) is 2.80. The summed E-state index contributed by atoms with van der Waals surface area (Å²) in [6.45, 7) is 15.0. The third-order valence-electron chi connectivity index (χ3n) is 5.01. The molecule has 1 aromatic heterocycles. The van der Waals surface area contributed by atoms with Crippen molar-refractivity contribution >= 4 is 31.9 Å². The number of ether oxygens (including phenoxy) is 1. The van der Waals surface area contributed by atoms with Crippen molar-refractivity contribution in [2.24, 2.45) is 0 Å². The molecule has 1 aromatic rings. The van der Waals surface area contributed by atoms with E-state index in [1.807, 2.05) is 5.38 Å². The van der Waals surface area contributed by atoms with Gasteiger partial charge in [0, 0.05) is 17.2 Å². The van der Waals surface area contributed by atoms with Crippen LogP contribution in [0.1, 0.15) is 51.7 Å². The van der Waals surface area contributed by atoms with Crippen LogP contribution in [0.3, 0.4) is 0 Å². The summed E-state index contributed by atoms with van der Waals surface area (Å²) >= 11 is 1.50. The van der Waals surface area contributed by atoms with E-state index in [4.69, 9.17) is 9.16 Å². The minimum Gasteiger partial charge on any atom is -0.469 e. The number of aldehydes is 1. The first-order valence-corrected chi connectivity index (χ1v) is 12.3. The lowest BCUT2D eigenvalue weighted by atomic mass is 9.86. The maximum atomic E-state index is 11.5. The van der Waals surface area contributed by atoms with Gasteiger partial charge in [0.2, 0.25) is 0 Å². The second-order valence-corrected chi connectivity index (χ2v) is 14.0. The van der Waals surface area contributed by atoms with Crippen LogP contribution in [0.15, 0.2) is 5.38 Å². The van der Waals surface area contributed by atoms with Crippen molar-refractivity contribution in [1.82, 2.24) is 4.98 Å². The topological polar surface area (TPSA) is 65.5 Å². The van der Waals surface area contributed by atoms with Gasteiger partial charge < -0.3 is 14.0 Å². The number of nitrogens with zero attached hydrogens (tertiary/aromatic N) is 1. The van der Waals surface area contributed by atoms with Crippen LogP contribution in [0.5, 0.6) is 0 Å². The van der Waals surface area contributed by atoms with E-state index in [2.05, 4.69) is 52.7 Å². The van der Waals surface area contributed by atoms with Crippen molar-refractivity contribution in [3.63, 3.8) is 0 Å². The lowest BCUT2D eigenvalue weighted by molar-refractivity contribution is -0.139. The van der Waals surface area contributed by atoms with Gasteiger partial charge in [-0.25, -0.2) is 4.98 Å². The molecular weight excluding hydrogens is 354 g/mol. The summed E-state index contributed by atoms with van der Waals surface area (Å²) in [5.41, 5.74) is 0.271. The summed E-state index contributed by atoms with van der Waals surface area (Å²) in [4.78, 5) is 27.3. The van der Waals surface area contributed by atoms with Crippen LogP contribution in [-0.2, 0) is 30.6 Å². The summed E-state index contributed by atoms with van der Waals surface area (Å²) in [6, 6.07) is 0. The smallest absolute Gasteiger partial charge is 0.311 e. The molecule has 0 aliphatic rings. The van der Waals surface area contributed by atoms with Gasteiger partial charge in [0.15, 0.2) is 8.32 Å². The summed E-state index contributed by atoms with van der Waals surface area (Å²) in [6.07, 6.45) is 1.15. The van der Waals surface area contributed by atoms with E-state index in [0.717, 1.165) is 11.3 Å². The first-order valence-electron chi connectivity index (χ1n) is 8.48. The van der Waals surface area contributed by atoms with Crippen LogP contribution in [0, 0.1) is 0 Å². The van der Waals surface area contributed by atoms with E-state index in [0.29, 0.717) is 12.1 Å². The van der Waals surface area contributed by atoms with E-state index in [-0.39, 0.29) is 23.5 Å². The number of esters is 1. The molecule has 5 nitrogen and oxygen atoms in total. The molecule has 7 heteroatoms. The molecule has 0 bridgehead atoms. The van der Waals surface area contributed by atoms with Crippen LogP contribution in [-0.4, -0.2) is 38.8 Å². The molecule has 0 fully saturated rings. The van der Waals surface area contributed by atoms with E-state index in [1.165, 1.54) is 18.4 Å². The third kappa shape index (κ3) is 5.46. The largest absolute Gasteiger partial charge is 0.469 e. The molecule has 0 aliphatic carbocycles. The van der Waals surface area contributed by atoms with E-state index < -0.39 is 13.7 Å². The van der Waals surface area contributed by atoms with Gasteiger partial charge in [0.1, 0.15) is 11.3 Å². The number of carbonyl (C=O) groups is 2. The fraction of sp³-hybridized carbons (Fsp3) is 0.722. The number of carbonyl (C=O) groups excluding carboxylic acids is 2. The molecular formula is C18H31NO4SSi. The molecule has 0 N–H and O–H groups in total. The highest BCUT2D eigenvalue weighted by Crippen LogP contribution is 2.41. The van der Waals surface area contributed by atoms with Gasteiger partial charge in [-0.3, -0.25) is 4.79 Å².